The Morgan fingerprint density at radius 3 is 2.07 bits per heavy atom. The number of nitro benzene ring substituents is 1. The zero-order chi connectivity index (χ0) is 20.4. The van der Waals surface area contributed by atoms with E-state index in [0.717, 1.165) is 5.56 Å². The topological polar surface area (TPSA) is 130 Å². The number of hydrogen-bond donors (Lipinski definition) is 3. The van der Waals surface area contributed by atoms with Gasteiger partial charge >= 0.3 is 0 Å². The molecule has 0 saturated heterocycles. The van der Waals surface area contributed by atoms with Crippen LogP contribution in [0.2, 0.25) is 0 Å². The van der Waals surface area contributed by atoms with Crippen LogP contribution < -0.4 is 4.72 Å². The molecular weight excluding hydrogens is 372 g/mol. The molecule has 0 heterocycles. The molecule has 2 atom stereocenters. The lowest BCUT2D eigenvalue weighted by molar-refractivity contribution is -0.384. The molecule has 0 spiro atoms. The van der Waals surface area contributed by atoms with Crippen LogP contribution in [0.15, 0.2) is 41.3 Å². The summed E-state index contributed by atoms with van der Waals surface area (Å²) in [6, 6.07) is 7.32. The molecule has 0 unspecified atom stereocenters. The minimum Gasteiger partial charge on any atom is -0.395 e. The van der Waals surface area contributed by atoms with E-state index in [0.29, 0.717) is 11.1 Å². The summed E-state index contributed by atoms with van der Waals surface area (Å²) in [5.41, 5.74) is 2.13. The molecule has 0 aromatic heterocycles. The Morgan fingerprint density at radius 1 is 1.11 bits per heavy atom. The number of nitrogens with one attached hydrogen (secondary N) is 1. The molecule has 3 N–H and O–H groups in total. The molecular formula is C18H22N2O6S. The van der Waals surface area contributed by atoms with Crippen molar-refractivity contribution in [3.8, 4) is 0 Å². The zero-order valence-corrected chi connectivity index (χ0v) is 16.0. The second-order valence-corrected chi connectivity index (χ2v) is 8.08. The van der Waals surface area contributed by atoms with E-state index in [1.54, 1.807) is 26.0 Å². The van der Waals surface area contributed by atoms with Crippen molar-refractivity contribution >= 4 is 15.7 Å². The summed E-state index contributed by atoms with van der Waals surface area (Å²) in [7, 11) is -4.00. The van der Waals surface area contributed by atoms with E-state index >= 15 is 0 Å². The first-order chi connectivity index (χ1) is 12.6. The van der Waals surface area contributed by atoms with Crippen LogP contribution in [0.4, 0.5) is 5.69 Å². The summed E-state index contributed by atoms with van der Waals surface area (Å²) in [6.07, 6.45) is -1.38. The molecule has 27 heavy (non-hydrogen) atoms. The van der Waals surface area contributed by atoms with Crippen molar-refractivity contribution in [2.24, 2.45) is 0 Å². The van der Waals surface area contributed by atoms with Gasteiger partial charge < -0.3 is 10.2 Å². The third-order valence-electron chi connectivity index (χ3n) is 4.20. The lowest BCUT2D eigenvalue weighted by Crippen LogP contribution is -2.42. The summed E-state index contributed by atoms with van der Waals surface area (Å²) in [4.78, 5) is 10.2. The molecule has 8 nitrogen and oxygen atoms in total. The van der Waals surface area contributed by atoms with Crippen LogP contribution in [0.3, 0.4) is 0 Å². The van der Waals surface area contributed by atoms with Crippen molar-refractivity contribution in [2.75, 3.05) is 6.61 Å². The van der Waals surface area contributed by atoms with E-state index in [1.165, 1.54) is 24.3 Å². The van der Waals surface area contributed by atoms with Crippen LogP contribution in [0.1, 0.15) is 28.4 Å². The molecule has 0 saturated carbocycles. The highest BCUT2D eigenvalue weighted by molar-refractivity contribution is 7.89. The number of aliphatic hydroxyl groups excluding tert-OH is 2. The maximum atomic E-state index is 12.8. The maximum absolute atomic E-state index is 12.8. The number of nitrogens with zero attached hydrogens (tertiary/aromatic N) is 1. The van der Waals surface area contributed by atoms with E-state index in [4.69, 9.17) is 0 Å². The van der Waals surface area contributed by atoms with Gasteiger partial charge in [-0.05, 0) is 49.6 Å². The number of benzene rings is 2. The first-order valence-electron chi connectivity index (χ1n) is 8.20. The first kappa shape index (κ1) is 21.0. The summed E-state index contributed by atoms with van der Waals surface area (Å²) < 4.78 is 28.0. The minimum absolute atomic E-state index is 0.0995. The van der Waals surface area contributed by atoms with Crippen LogP contribution in [0.5, 0.6) is 0 Å². The third-order valence-corrected chi connectivity index (χ3v) is 6.00. The fourth-order valence-corrected chi connectivity index (χ4v) is 4.76. The molecule has 0 aliphatic rings. The molecule has 0 aliphatic heterocycles. The van der Waals surface area contributed by atoms with E-state index in [9.17, 15) is 28.7 Å². The lowest BCUT2D eigenvalue weighted by atomic mass is 10.0. The molecule has 0 radical (unpaired) electrons. The van der Waals surface area contributed by atoms with Gasteiger partial charge in [-0.1, -0.05) is 17.7 Å². The molecule has 0 fully saturated rings. The quantitative estimate of drug-likeness (QED) is 0.486. The fraction of sp³-hybridized carbons (Fsp3) is 0.333. The maximum Gasteiger partial charge on any atom is 0.269 e. The SMILES string of the molecule is Cc1cc(C)c(S(=O)(=O)N[C@H](CO)[C@@H](O)c2ccc([N+](=O)[O-])cc2)c(C)c1. The van der Waals surface area contributed by atoms with Crippen molar-refractivity contribution in [3.63, 3.8) is 0 Å². The van der Waals surface area contributed by atoms with Gasteiger partial charge in [-0.3, -0.25) is 10.1 Å². The number of rotatable bonds is 7. The predicted octanol–water partition coefficient (Wildman–Crippen LogP) is 1.89. The van der Waals surface area contributed by atoms with Gasteiger partial charge in [0.1, 0.15) is 0 Å². The predicted molar refractivity (Wildman–Crippen MR) is 99.9 cm³/mol. The smallest absolute Gasteiger partial charge is 0.269 e. The van der Waals surface area contributed by atoms with Crippen LogP contribution >= 0.6 is 0 Å². The Morgan fingerprint density at radius 2 is 1.63 bits per heavy atom. The van der Waals surface area contributed by atoms with Crippen LogP contribution in [-0.2, 0) is 10.0 Å². The highest BCUT2D eigenvalue weighted by Gasteiger charge is 2.28. The van der Waals surface area contributed by atoms with Crippen molar-refractivity contribution in [1.29, 1.82) is 0 Å². The summed E-state index contributed by atoms with van der Waals surface area (Å²) >= 11 is 0. The molecule has 0 aliphatic carbocycles. The van der Waals surface area contributed by atoms with E-state index in [-0.39, 0.29) is 16.1 Å². The van der Waals surface area contributed by atoms with Gasteiger partial charge in [-0.2, -0.15) is 0 Å². The number of aryl methyl sites for hydroxylation is 3. The second-order valence-electron chi connectivity index (χ2n) is 6.43. The molecule has 0 bridgehead atoms. The van der Waals surface area contributed by atoms with Crippen LogP contribution in [-0.4, -0.2) is 36.2 Å². The molecule has 2 aromatic rings. The van der Waals surface area contributed by atoms with E-state index in [1.807, 2.05) is 6.92 Å². The fourth-order valence-electron chi connectivity index (χ4n) is 3.08. The number of sulfonamides is 1. The van der Waals surface area contributed by atoms with Crippen molar-refractivity contribution < 1.29 is 23.6 Å². The van der Waals surface area contributed by atoms with Gasteiger partial charge in [-0.15, -0.1) is 0 Å². The first-order valence-corrected chi connectivity index (χ1v) is 9.68. The summed E-state index contributed by atoms with van der Waals surface area (Å²) in [6.45, 7) is 4.56. The van der Waals surface area contributed by atoms with Gasteiger partial charge in [0.15, 0.2) is 0 Å². The molecule has 146 valence electrons. The monoisotopic (exact) mass is 394 g/mol. The van der Waals surface area contributed by atoms with Gasteiger partial charge in [0.05, 0.1) is 28.6 Å². The summed E-state index contributed by atoms with van der Waals surface area (Å²) in [5, 5.41) is 30.8. The zero-order valence-electron chi connectivity index (χ0n) is 15.2. The Labute approximate surface area is 157 Å². The van der Waals surface area contributed by atoms with Gasteiger partial charge in [0.25, 0.3) is 5.69 Å². The average molecular weight is 394 g/mol. The molecule has 9 heteroatoms. The number of hydrogen-bond acceptors (Lipinski definition) is 6. The van der Waals surface area contributed by atoms with Gasteiger partial charge in [0, 0.05) is 12.1 Å². The van der Waals surface area contributed by atoms with Gasteiger partial charge in [0.2, 0.25) is 10.0 Å². The van der Waals surface area contributed by atoms with E-state index < -0.39 is 33.7 Å². The van der Waals surface area contributed by atoms with Crippen LogP contribution in [0, 0.1) is 30.9 Å². The Hall–Kier alpha value is -2.33. The number of non-ortho nitro benzene ring substituents is 1. The molecule has 2 rings (SSSR count). The van der Waals surface area contributed by atoms with Crippen LogP contribution in [0.25, 0.3) is 0 Å². The van der Waals surface area contributed by atoms with Crippen molar-refractivity contribution in [1.82, 2.24) is 4.72 Å². The Bertz CT molecular complexity index is 918. The Kier molecular flexibility index (Phi) is 6.32. The summed E-state index contributed by atoms with van der Waals surface area (Å²) in [5.74, 6) is 0. The minimum atomic E-state index is -4.00. The normalized spacial score (nSPS) is 14.0. The highest BCUT2D eigenvalue weighted by atomic mass is 32.2. The van der Waals surface area contributed by atoms with E-state index in [2.05, 4.69) is 4.72 Å². The highest BCUT2D eigenvalue weighted by Crippen LogP contribution is 2.25. The van der Waals surface area contributed by atoms with Crippen molar-refractivity contribution in [3.05, 3.63) is 68.8 Å². The number of nitro groups is 1. The average Bonchev–Trinajstić information content (AvgIpc) is 2.58. The standard InChI is InChI=1S/C18H22N2O6S/c1-11-8-12(2)18(13(3)9-11)27(25,26)19-16(10-21)17(22)14-4-6-15(7-5-14)20(23)24/h4-9,16-17,19,21-22H,10H2,1-3H3/t16-,17+/m1/s1. The second kappa shape index (κ2) is 8.13. The molecule has 2 aromatic carbocycles. The molecule has 0 amide bonds. The largest absolute Gasteiger partial charge is 0.395 e. The lowest BCUT2D eigenvalue weighted by Gasteiger charge is -2.23. The van der Waals surface area contributed by atoms with Crippen molar-refractivity contribution in [2.45, 2.75) is 37.8 Å². The Balaban J connectivity index is 2.31. The third kappa shape index (κ3) is 4.69. The number of aliphatic hydroxyl groups is 2. The van der Waals surface area contributed by atoms with Gasteiger partial charge in [-0.25, -0.2) is 13.1 Å².